The first-order chi connectivity index (χ1) is 7.95. The first-order valence-corrected chi connectivity index (χ1v) is 7.10. The van der Waals surface area contributed by atoms with E-state index in [1.165, 1.54) is 11.3 Å². The van der Waals surface area contributed by atoms with Crippen molar-refractivity contribution >= 4 is 22.9 Å². The third kappa shape index (κ3) is 3.61. The normalized spacial score (nSPS) is 19.8. The summed E-state index contributed by atoms with van der Waals surface area (Å²) in [6.45, 7) is 12.1. The Balaban J connectivity index is 1.83. The molecule has 2 heterocycles. The van der Waals surface area contributed by atoms with Crippen LogP contribution in [0.4, 0.5) is 0 Å². The van der Waals surface area contributed by atoms with E-state index in [0.717, 1.165) is 37.7 Å². The maximum absolute atomic E-state index is 5.78. The molecule has 1 aliphatic rings. The van der Waals surface area contributed by atoms with Crippen LogP contribution in [0.5, 0.6) is 0 Å². The molecule has 0 N–H and O–H groups in total. The van der Waals surface area contributed by atoms with Gasteiger partial charge in [0.25, 0.3) is 0 Å². The Morgan fingerprint density at radius 3 is 2.29 bits per heavy atom. The van der Waals surface area contributed by atoms with Crippen molar-refractivity contribution in [3.63, 3.8) is 0 Å². The highest BCUT2D eigenvalue weighted by molar-refractivity contribution is 7.15. The van der Waals surface area contributed by atoms with Gasteiger partial charge in [0, 0.05) is 31.7 Å². The minimum Gasteiger partial charge on any atom is -0.296 e. The van der Waals surface area contributed by atoms with Gasteiger partial charge in [0.2, 0.25) is 4.47 Å². The average Bonchev–Trinajstić information content (AvgIpc) is 2.63. The number of hydrogen-bond donors (Lipinski definition) is 0. The summed E-state index contributed by atoms with van der Waals surface area (Å²) in [7, 11) is 0. The minimum absolute atomic E-state index is 0.276. The van der Waals surface area contributed by atoms with E-state index in [0.29, 0.717) is 4.47 Å². The Labute approximate surface area is 112 Å². The van der Waals surface area contributed by atoms with Gasteiger partial charge in [-0.05, 0) is 32.4 Å². The second-order valence-electron chi connectivity index (χ2n) is 5.38. The van der Waals surface area contributed by atoms with E-state index in [4.69, 9.17) is 11.6 Å². The first kappa shape index (κ1) is 13.2. The number of aromatic nitrogens is 2. The number of piperazine rings is 1. The van der Waals surface area contributed by atoms with Crippen LogP contribution < -0.4 is 0 Å². The monoisotopic (exact) mass is 274 g/mol. The highest BCUT2D eigenvalue weighted by Gasteiger charge is 2.26. The second-order valence-corrected chi connectivity index (χ2v) is 7.03. The number of rotatable bonds is 2. The summed E-state index contributed by atoms with van der Waals surface area (Å²) >= 11 is 7.25. The Hall–Kier alpha value is -0.230. The Bertz CT molecular complexity index is 366. The summed E-state index contributed by atoms with van der Waals surface area (Å²) in [6, 6.07) is 0. The average molecular weight is 275 g/mol. The molecule has 4 nitrogen and oxygen atoms in total. The summed E-state index contributed by atoms with van der Waals surface area (Å²) in [4.78, 5) is 4.94. The van der Waals surface area contributed by atoms with Crippen molar-refractivity contribution in [1.29, 1.82) is 0 Å². The van der Waals surface area contributed by atoms with Gasteiger partial charge in [-0.1, -0.05) is 11.3 Å². The van der Waals surface area contributed by atoms with Gasteiger partial charge >= 0.3 is 0 Å². The van der Waals surface area contributed by atoms with Gasteiger partial charge in [-0.2, -0.15) is 0 Å². The summed E-state index contributed by atoms with van der Waals surface area (Å²) < 4.78 is 0.535. The zero-order valence-electron chi connectivity index (χ0n) is 10.6. The summed E-state index contributed by atoms with van der Waals surface area (Å²) in [6.07, 6.45) is 0. The smallest absolute Gasteiger partial charge is 0.207 e. The lowest BCUT2D eigenvalue weighted by atomic mass is 10.1. The van der Waals surface area contributed by atoms with Gasteiger partial charge in [0.1, 0.15) is 5.01 Å². The first-order valence-electron chi connectivity index (χ1n) is 5.90. The molecule has 96 valence electrons. The van der Waals surface area contributed by atoms with Crippen molar-refractivity contribution in [1.82, 2.24) is 20.0 Å². The molecule has 2 rings (SSSR count). The summed E-state index contributed by atoms with van der Waals surface area (Å²) in [5.74, 6) is 0. The van der Waals surface area contributed by atoms with Gasteiger partial charge in [0.05, 0.1) is 6.54 Å². The maximum Gasteiger partial charge on any atom is 0.207 e. The quantitative estimate of drug-likeness (QED) is 0.827. The molecule has 0 atom stereocenters. The maximum atomic E-state index is 5.78. The molecule has 1 aliphatic heterocycles. The fourth-order valence-corrected chi connectivity index (χ4v) is 2.97. The zero-order valence-corrected chi connectivity index (χ0v) is 12.2. The van der Waals surface area contributed by atoms with Crippen LogP contribution >= 0.6 is 22.9 Å². The fourth-order valence-electron chi connectivity index (χ4n) is 2.07. The number of halogens is 1. The zero-order chi connectivity index (χ0) is 12.5. The van der Waals surface area contributed by atoms with Crippen LogP contribution in [0.25, 0.3) is 0 Å². The van der Waals surface area contributed by atoms with Gasteiger partial charge in [-0.15, -0.1) is 10.2 Å². The van der Waals surface area contributed by atoms with Crippen LogP contribution in [0.1, 0.15) is 25.8 Å². The van der Waals surface area contributed by atoms with E-state index < -0.39 is 0 Å². The van der Waals surface area contributed by atoms with Crippen LogP contribution in [-0.2, 0) is 6.54 Å². The molecule has 1 aromatic rings. The molecule has 1 aromatic heterocycles. The van der Waals surface area contributed by atoms with Crippen LogP contribution in [0.3, 0.4) is 0 Å². The van der Waals surface area contributed by atoms with Gasteiger partial charge < -0.3 is 0 Å². The lowest BCUT2D eigenvalue weighted by molar-refractivity contribution is 0.0590. The van der Waals surface area contributed by atoms with E-state index in [1.807, 2.05) is 0 Å². The third-order valence-electron chi connectivity index (χ3n) is 3.12. The fraction of sp³-hybridized carbons (Fsp3) is 0.818. The van der Waals surface area contributed by atoms with E-state index >= 15 is 0 Å². The molecule has 0 amide bonds. The van der Waals surface area contributed by atoms with Crippen LogP contribution in [0.2, 0.25) is 4.47 Å². The van der Waals surface area contributed by atoms with Crippen molar-refractivity contribution < 1.29 is 0 Å². The SMILES string of the molecule is CC(C)(C)N1CCN(Cc2nnc(Cl)s2)CC1. The van der Waals surface area contributed by atoms with Crippen molar-refractivity contribution in [3.05, 3.63) is 9.47 Å². The summed E-state index contributed by atoms with van der Waals surface area (Å²) in [5, 5.41) is 8.91. The van der Waals surface area contributed by atoms with Crippen molar-refractivity contribution in [2.24, 2.45) is 0 Å². The predicted molar refractivity (Wildman–Crippen MR) is 71.5 cm³/mol. The molecule has 0 radical (unpaired) electrons. The van der Waals surface area contributed by atoms with E-state index in [-0.39, 0.29) is 5.54 Å². The van der Waals surface area contributed by atoms with Crippen LogP contribution in [0.15, 0.2) is 0 Å². The van der Waals surface area contributed by atoms with Gasteiger partial charge in [-0.25, -0.2) is 0 Å². The Morgan fingerprint density at radius 2 is 1.82 bits per heavy atom. The standard InChI is InChI=1S/C11H19ClN4S/c1-11(2,3)16-6-4-15(5-7-16)8-9-13-14-10(12)17-9/h4-8H2,1-3H3. The van der Waals surface area contributed by atoms with Gasteiger partial charge in [-0.3, -0.25) is 9.80 Å². The van der Waals surface area contributed by atoms with E-state index in [2.05, 4.69) is 40.8 Å². The van der Waals surface area contributed by atoms with E-state index in [9.17, 15) is 0 Å². The van der Waals surface area contributed by atoms with Crippen molar-refractivity contribution in [2.45, 2.75) is 32.9 Å². The third-order valence-corrected chi connectivity index (χ3v) is 4.13. The van der Waals surface area contributed by atoms with Crippen LogP contribution in [-0.4, -0.2) is 51.7 Å². The molecular formula is C11H19ClN4S. The highest BCUT2D eigenvalue weighted by atomic mass is 35.5. The molecule has 0 aromatic carbocycles. The molecule has 0 aliphatic carbocycles. The van der Waals surface area contributed by atoms with Crippen molar-refractivity contribution in [3.8, 4) is 0 Å². The number of hydrogen-bond acceptors (Lipinski definition) is 5. The van der Waals surface area contributed by atoms with Crippen LogP contribution in [0, 0.1) is 0 Å². The number of nitrogens with zero attached hydrogens (tertiary/aromatic N) is 4. The molecule has 1 fully saturated rings. The molecule has 0 spiro atoms. The predicted octanol–water partition coefficient (Wildman–Crippen LogP) is 2.11. The van der Waals surface area contributed by atoms with Gasteiger partial charge in [0.15, 0.2) is 0 Å². The molecule has 6 heteroatoms. The molecule has 0 saturated carbocycles. The molecule has 1 saturated heterocycles. The van der Waals surface area contributed by atoms with Crippen molar-refractivity contribution in [2.75, 3.05) is 26.2 Å². The topological polar surface area (TPSA) is 32.3 Å². The molecular weight excluding hydrogens is 256 g/mol. The Morgan fingerprint density at radius 1 is 1.18 bits per heavy atom. The minimum atomic E-state index is 0.276. The largest absolute Gasteiger partial charge is 0.296 e. The second kappa shape index (κ2) is 5.18. The van der Waals surface area contributed by atoms with E-state index in [1.54, 1.807) is 0 Å². The highest BCUT2D eigenvalue weighted by Crippen LogP contribution is 2.19. The lowest BCUT2D eigenvalue weighted by Crippen LogP contribution is -2.53. The Kier molecular flexibility index (Phi) is 4.02. The molecule has 0 bridgehead atoms. The molecule has 17 heavy (non-hydrogen) atoms. The molecule has 0 unspecified atom stereocenters. The lowest BCUT2D eigenvalue weighted by Gasteiger charge is -2.42. The summed E-state index contributed by atoms with van der Waals surface area (Å²) in [5.41, 5.74) is 0.276.